The van der Waals surface area contributed by atoms with Crippen molar-refractivity contribution in [3.63, 3.8) is 0 Å². The Morgan fingerprint density at radius 1 is 1.12 bits per heavy atom. The van der Waals surface area contributed by atoms with Crippen LogP contribution in [0.5, 0.6) is 5.75 Å². The summed E-state index contributed by atoms with van der Waals surface area (Å²) < 4.78 is 12.0. The summed E-state index contributed by atoms with van der Waals surface area (Å²) in [5.74, 6) is 0.662. The second kappa shape index (κ2) is 10.5. The lowest BCUT2D eigenvalue weighted by atomic mass is 10.0. The Bertz CT molecular complexity index is 1300. The van der Waals surface area contributed by atoms with E-state index in [1.807, 2.05) is 53.4 Å². The molecule has 0 aliphatic heterocycles. The normalized spacial score (nSPS) is 10.7. The summed E-state index contributed by atoms with van der Waals surface area (Å²) >= 11 is 2.51. The quantitative estimate of drug-likeness (QED) is 0.287. The molecule has 11 heteroatoms. The van der Waals surface area contributed by atoms with Crippen molar-refractivity contribution in [3.05, 3.63) is 59.7 Å². The van der Waals surface area contributed by atoms with Crippen LogP contribution < -0.4 is 10.1 Å². The first-order valence-electron chi connectivity index (χ1n) is 10.1. The lowest BCUT2D eigenvalue weighted by molar-refractivity contribution is -0.113. The number of nitrogens with one attached hydrogen (secondary N) is 1. The number of carbonyl (C=O) groups excluding carboxylic acids is 2. The standard InChI is InChI=1S/C23H21N5O4S2/c1-28-20(15-5-4-10-24-11-15)26-27-23(28)34-13-18(29)25-21-19(22(30)32-3)17(12-33-21)14-6-8-16(31-2)9-7-14/h4-12H,13H2,1-3H3,(H,25,29). The molecule has 4 rings (SSSR count). The van der Waals surface area contributed by atoms with Crippen LogP contribution in [0.15, 0.2) is 59.3 Å². The first-order valence-corrected chi connectivity index (χ1v) is 11.9. The molecule has 3 heterocycles. The van der Waals surface area contributed by atoms with Gasteiger partial charge in [0.15, 0.2) is 11.0 Å². The van der Waals surface area contributed by atoms with Crippen LogP contribution in [0, 0.1) is 0 Å². The Morgan fingerprint density at radius 2 is 1.91 bits per heavy atom. The number of carbonyl (C=O) groups is 2. The molecule has 9 nitrogen and oxygen atoms in total. The van der Waals surface area contributed by atoms with Gasteiger partial charge < -0.3 is 19.4 Å². The third-order valence-electron chi connectivity index (χ3n) is 4.92. The Kier molecular flexibility index (Phi) is 7.24. The fourth-order valence-electron chi connectivity index (χ4n) is 3.22. The Morgan fingerprint density at radius 3 is 2.59 bits per heavy atom. The van der Waals surface area contributed by atoms with Crippen LogP contribution in [-0.2, 0) is 16.6 Å². The highest BCUT2D eigenvalue weighted by Crippen LogP contribution is 2.37. The minimum Gasteiger partial charge on any atom is -0.497 e. The number of benzene rings is 1. The number of aromatic nitrogens is 4. The lowest BCUT2D eigenvalue weighted by Gasteiger charge is -2.08. The third kappa shape index (κ3) is 4.95. The van der Waals surface area contributed by atoms with Gasteiger partial charge in [0.2, 0.25) is 5.91 Å². The number of nitrogens with zero attached hydrogens (tertiary/aromatic N) is 4. The number of esters is 1. The van der Waals surface area contributed by atoms with E-state index in [-0.39, 0.29) is 11.7 Å². The SMILES string of the molecule is COC(=O)c1c(-c2ccc(OC)cc2)csc1NC(=O)CSc1nnc(-c2cccnc2)n1C. The Hall–Kier alpha value is -3.70. The molecule has 4 aromatic rings. The highest BCUT2D eigenvalue weighted by Gasteiger charge is 2.23. The monoisotopic (exact) mass is 495 g/mol. The van der Waals surface area contributed by atoms with Crippen molar-refractivity contribution in [1.82, 2.24) is 19.7 Å². The van der Waals surface area contributed by atoms with Gasteiger partial charge in [-0.1, -0.05) is 23.9 Å². The first kappa shape index (κ1) is 23.5. The number of amides is 1. The van der Waals surface area contributed by atoms with Crippen LogP contribution >= 0.6 is 23.1 Å². The number of methoxy groups -OCH3 is 2. The summed E-state index contributed by atoms with van der Waals surface area (Å²) in [6.07, 6.45) is 3.39. The number of hydrogen-bond acceptors (Lipinski definition) is 9. The van der Waals surface area contributed by atoms with Crippen molar-refractivity contribution in [2.45, 2.75) is 5.16 Å². The van der Waals surface area contributed by atoms with Crippen LogP contribution in [0.25, 0.3) is 22.5 Å². The van der Waals surface area contributed by atoms with Crippen molar-refractivity contribution < 1.29 is 19.1 Å². The predicted octanol–water partition coefficient (Wildman–Crippen LogP) is 4.13. The van der Waals surface area contributed by atoms with Gasteiger partial charge in [-0.3, -0.25) is 9.78 Å². The summed E-state index contributed by atoms with van der Waals surface area (Å²) in [7, 11) is 4.73. The minimum atomic E-state index is -0.524. The molecule has 3 aromatic heterocycles. The van der Waals surface area contributed by atoms with E-state index in [4.69, 9.17) is 9.47 Å². The topological polar surface area (TPSA) is 108 Å². The molecule has 0 atom stereocenters. The second-order valence-electron chi connectivity index (χ2n) is 7.02. The molecule has 0 bridgehead atoms. The van der Waals surface area contributed by atoms with Crippen LogP contribution in [0.4, 0.5) is 5.00 Å². The zero-order chi connectivity index (χ0) is 24.1. The van der Waals surface area contributed by atoms with E-state index in [0.29, 0.717) is 32.9 Å². The van der Waals surface area contributed by atoms with Gasteiger partial charge in [0, 0.05) is 35.9 Å². The maximum atomic E-state index is 12.7. The largest absolute Gasteiger partial charge is 0.497 e. The van der Waals surface area contributed by atoms with Crippen molar-refractivity contribution in [2.24, 2.45) is 7.05 Å². The minimum absolute atomic E-state index is 0.0927. The molecule has 0 fully saturated rings. The molecule has 0 radical (unpaired) electrons. The van der Waals surface area contributed by atoms with E-state index in [0.717, 1.165) is 11.1 Å². The lowest BCUT2D eigenvalue weighted by Crippen LogP contribution is -2.16. The number of ether oxygens (including phenoxy) is 2. The van der Waals surface area contributed by atoms with E-state index in [1.54, 1.807) is 19.5 Å². The first-order chi connectivity index (χ1) is 16.5. The van der Waals surface area contributed by atoms with Gasteiger partial charge >= 0.3 is 5.97 Å². The summed E-state index contributed by atoms with van der Waals surface area (Å²) in [6.45, 7) is 0. The van der Waals surface area contributed by atoms with E-state index in [9.17, 15) is 9.59 Å². The molecule has 0 aliphatic carbocycles. The molecule has 1 aromatic carbocycles. The van der Waals surface area contributed by atoms with Gasteiger partial charge in [0.25, 0.3) is 0 Å². The van der Waals surface area contributed by atoms with Crippen LogP contribution in [0.1, 0.15) is 10.4 Å². The van der Waals surface area contributed by atoms with Gasteiger partial charge in [-0.05, 0) is 29.8 Å². The van der Waals surface area contributed by atoms with Gasteiger partial charge in [-0.25, -0.2) is 4.79 Å². The van der Waals surface area contributed by atoms with E-state index >= 15 is 0 Å². The molecule has 0 saturated heterocycles. The molecule has 0 saturated carbocycles. The highest BCUT2D eigenvalue weighted by molar-refractivity contribution is 7.99. The molecular weight excluding hydrogens is 474 g/mol. The van der Waals surface area contributed by atoms with Crippen LogP contribution in [-0.4, -0.2) is 51.6 Å². The molecule has 0 unspecified atom stereocenters. The Labute approximate surface area is 204 Å². The number of pyridine rings is 1. The van der Waals surface area contributed by atoms with Crippen molar-refractivity contribution >= 4 is 40.0 Å². The molecule has 174 valence electrons. The molecule has 1 N–H and O–H groups in total. The summed E-state index contributed by atoms with van der Waals surface area (Å²) in [6, 6.07) is 11.0. The summed E-state index contributed by atoms with van der Waals surface area (Å²) in [4.78, 5) is 29.3. The average Bonchev–Trinajstić information content (AvgIpc) is 3.46. The number of hydrogen-bond donors (Lipinski definition) is 1. The van der Waals surface area contributed by atoms with Gasteiger partial charge in [-0.2, -0.15) is 0 Å². The van der Waals surface area contributed by atoms with E-state index < -0.39 is 5.97 Å². The average molecular weight is 496 g/mol. The van der Waals surface area contributed by atoms with Crippen LogP contribution in [0.3, 0.4) is 0 Å². The van der Waals surface area contributed by atoms with Crippen LogP contribution in [0.2, 0.25) is 0 Å². The summed E-state index contributed by atoms with van der Waals surface area (Å²) in [5, 5.41) is 14.0. The molecule has 1 amide bonds. The zero-order valence-electron chi connectivity index (χ0n) is 18.6. The van der Waals surface area contributed by atoms with Crippen molar-refractivity contribution in [1.29, 1.82) is 0 Å². The molecular formula is C23H21N5O4S2. The fourth-order valence-corrected chi connectivity index (χ4v) is 4.90. The molecule has 0 aliphatic rings. The molecule has 0 spiro atoms. The number of thiophene rings is 1. The molecule has 34 heavy (non-hydrogen) atoms. The summed E-state index contributed by atoms with van der Waals surface area (Å²) in [5.41, 5.74) is 2.64. The van der Waals surface area contributed by atoms with E-state index in [1.165, 1.54) is 30.2 Å². The third-order valence-corrected chi connectivity index (χ3v) is 6.84. The van der Waals surface area contributed by atoms with Gasteiger partial charge in [0.05, 0.1) is 20.0 Å². The van der Waals surface area contributed by atoms with E-state index in [2.05, 4.69) is 20.5 Å². The van der Waals surface area contributed by atoms with Crippen molar-refractivity contribution in [2.75, 3.05) is 25.3 Å². The number of thioether (sulfide) groups is 1. The predicted molar refractivity (Wildman–Crippen MR) is 131 cm³/mol. The smallest absolute Gasteiger partial charge is 0.341 e. The van der Waals surface area contributed by atoms with Gasteiger partial charge in [0.1, 0.15) is 16.3 Å². The number of anilines is 1. The maximum Gasteiger partial charge on any atom is 0.341 e. The second-order valence-corrected chi connectivity index (χ2v) is 8.84. The van der Waals surface area contributed by atoms with Gasteiger partial charge in [-0.15, -0.1) is 21.5 Å². The Balaban J connectivity index is 1.48. The highest BCUT2D eigenvalue weighted by atomic mass is 32.2. The van der Waals surface area contributed by atoms with Crippen molar-refractivity contribution in [3.8, 4) is 28.3 Å². The fraction of sp³-hybridized carbons (Fsp3) is 0.174. The number of rotatable bonds is 8. The maximum absolute atomic E-state index is 12.7. The zero-order valence-corrected chi connectivity index (χ0v) is 20.3.